The van der Waals surface area contributed by atoms with Crippen LogP contribution < -0.4 is 20.7 Å². The fourth-order valence-corrected chi connectivity index (χ4v) is 3.75. The molecule has 1 fully saturated rings. The second-order valence-electron chi connectivity index (χ2n) is 7.24. The SMILES string of the molecule is NC(=NCc1ccc(N2CCCCC2=O)cc1)NC1CCOc2ccccc21. The largest absolute Gasteiger partial charge is 0.493 e. The Bertz CT molecular complexity index is 863. The molecule has 6 nitrogen and oxygen atoms in total. The van der Waals surface area contributed by atoms with Gasteiger partial charge in [0.15, 0.2) is 5.96 Å². The van der Waals surface area contributed by atoms with E-state index >= 15 is 0 Å². The number of aliphatic imine (C=N–C) groups is 1. The number of fused-ring (bicyclic) bond motifs is 1. The van der Waals surface area contributed by atoms with Crippen molar-refractivity contribution in [1.29, 1.82) is 0 Å². The summed E-state index contributed by atoms with van der Waals surface area (Å²) in [4.78, 5) is 18.4. The fraction of sp³-hybridized carbons (Fsp3) is 0.364. The number of guanidine groups is 1. The molecule has 2 aliphatic rings. The molecule has 2 heterocycles. The number of anilines is 1. The molecule has 28 heavy (non-hydrogen) atoms. The van der Waals surface area contributed by atoms with Crippen LogP contribution in [0.4, 0.5) is 5.69 Å². The molecule has 0 aromatic heterocycles. The standard InChI is InChI=1S/C22H26N4O2/c23-22(25-19-12-14-28-20-6-2-1-5-18(19)20)24-15-16-8-10-17(11-9-16)26-13-4-3-7-21(26)27/h1-2,5-6,8-11,19H,3-4,7,12-15H2,(H3,23,24,25). The predicted molar refractivity (Wildman–Crippen MR) is 110 cm³/mol. The quantitative estimate of drug-likeness (QED) is 0.633. The molecule has 1 amide bonds. The van der Waals surface area contributed by atoms with Gasteiger partial charge in [0.1, 0.15) is 5.75 Å². The summed E-state index contributed by atoms with van der Waals surface area (Å²) >= 11 is 0. The summed E-state index contributed by atoms with van der Waals surface area (Å²) in [6, 6.07) is 16.1. The van der Waals surface area contributed by atoms with Crippen LogP contribution in [0.5, 0.6) is 5.75 Å². The Morgan fingerprint density at radius 3 is 2.82 bits per heavy atom. The Kier molecular flexibility index (Phi) is 5.46. The maximum atomic E-state index is 12.0. The lowest BCUT2D eigenvalue weighted by molar-refractivity contribution is -0.119. The number of hydrogen-bond donors (Lipinski definition) is 2. The highest BCUT2D eigenvalue weighted by atomic mass is 16.5. The third-order valence-electron chi connectivity index (χ3n) is 5.28. The van der Waals surface area contributed by atoms with Crippen LogP contribution in [-0.4, -0.2) is 25.0 Å². The molecule has 1 atom stereocenters. The van der Waals surface area contributed by atoms with E-state index in [-0.39, 0.29) is 11.9 Å². The molecule has 2 aromatic rings. The van der Waals surface area contributed by atoms with Gasteiger partial charge >= 0.3 is 0 Å². The van der Waals surface area contributed by atoms with Gasteiger partial charge in [0.05, 0.1) is 19.2 Å². The number of hydrogen-bond acceptors (Lipinski definition) is 3. The Morgan fingerprint density at radius 1 is 1.18 bits per heavy atom. The zero-order valence-corrected chi connectivity index (χ0v) is 15.9. The highest BCUT2D eigenvalue weighted by Gasteiger charge is 2.21. The number of amides is 1. The number of carbonyl (C=O) groups is 1. The Morgan fingerprint density at radius 2 is 2.00 bits per heavy atom. The minimum absolute atomic E-state index is 0.112. The lowest BCUT2D eigenvalue weighted by Crippen LogP contribution is -2.37. The number of piperidine rings is 1. The first kappa shape index (κ1) is 18.3. The van der Waals surface area contributed by atoms with E-state index in [4.69, 9.17) is 10.5 Å². The molecule has 3 N–H and O–H groups in total. The first-order valence-electron chi connectivity index (χ1n) is 9.88. The molecular formula is C22H26N4O2. The Hall–Kier alpha value is -3.02. The molecule has 2 aliphatic heterocycles. The number of rotatable bonds is 4. The molecule has 4 rings (SSSR count). The molecule has 1 unspecified atom stereocenters. The molecular weight excluding hydrogens is 352 g/mol. The van der Waals surface area contributed by atoms with Gasteiger partial charge in [0.25, 0.3) is 0 Å². The van der Waals surface area contributed by atoms with Gasteiger partial charge in [-0.3, -0.25) is 4.79 Å². The highest BCUT2D eigenvalue weighted by Crippen LogP contribution is 2.31. The molecule has 2 aromatic carbocycles. The van der Waals surface area contributed by atoms with E-state index in [0.29, 0.717) is 25.5 Å². The summed E-state index contributed by atoms with van der Waals surface area (Å²) in [5, 5.41) is 3.31. The number of para-hydroxylation sites is 1. The average Bonchev–Trinajstić information content (AvgIpc) is 2.73. The number of ether oxygens (including phenoxy) is 1. The van der Waals surface area contributed by atoms with Gasteiger partial charge in [-0.15, -0.1) is 0 Å². The van der Waals surface area contributed by atoms with Crippen LogP contribution in [0, 0.1) is 0 Å². The van der Waals surface area contributed by atoms with Crippen molar-refractivity contribution < 1.29 is 9.53 Å². The molecule has 146 valence electrons. The number of nitrogens with two attached hydrogens (primary N) is 1. The number of carbonyl (C=O) groups excluding carboxylic acids is 1. The first-order chi connectivity index (χ1) is 13.7. The second-order valence-corrected chi connectivity index (χ2v) is 7.24. The van der Waals surface area contributed by atoms with Crippen molar-refractivity contribution in [2.24, 2.45) is 10.7 Å². The summed E-state index contributed by atoms with van der Waals surface area (Å²) in [5.41, 5.74) is 9.25. The number of benzene rings is 2. The zero-order chi connectivity index (χ0) is 19.3. The van der Waals surface area contributed by atoms with Crippen LogP contribution in [0.15, 0.2) is 53.5 Å². The smallest absolute Gasteiger partial charge is 0.226 e. The van der Waals surface area contributed by atoms with Crippen molar-refractivity contribution >= 4 is 17.6 Å². The summed E-state index contributed by atoms with van der Waals surface area (Å²) < 4.78 is 5.68. The van der Waals surface area contributed by atoms with Gasteiger partial charge in [-0.2, -0.15) is 0 Å². The molecule has 0 spiro atoms. The third-order valence-corrected chi connectivity index (χ3v) is 5.28. The van der Waals surface area contributed by atoms with Crippen molar-refractivity contribution in [3.63, 3.8) is 0 Å². The second kappa shape index (κ2) is 8.33. The van der Waals surface area contributed by atoms with Crippen LogP contribution in [0.1, 0.15) is 42.9 Å². The number of nitrogens with zero attached hydrogens (tertiary/aromatic N) is 2. The minimum atomic E-state index is 0.112. The molecule has 6 heteroatoms. The number of nitrogens with one attached hydrogen (secondary N) is 1. The lowest BCUT2D eigenvalue weighted by Gasteiger charge is -2.27. The Labute approximate surface area is 165 Å². The molecule has 0 aliphatic carbocycles. The summed E-state index contributed by atoms with van der Waals surface area (Å²) in [6.07, 6.45) is 3.55. The average molecular weight is 378 g/mol. The van der Waals surface area contributed by atoms with E-state index in [9.17, 15) is 4.79 Å². The van der Waals surface area contributed by atoms with Crippen LogP contribution >= 0.6 is 0 Å². The van der Waals surface area contributed by atoms with Gasteiger partial charge in [-0.25, -0.2) is 4.99 Å². The van der Waals surface area contributed by atoms with Gasteiger partial charge in [0.2, 0.25) is 5.91 Å². The fourth-order valence-electron chi connectivity index (χ4n) is 3.75. The summed E-state index contributed by atoms with van der Waals surface area (Å²) in [7, 11) is 0. The van der Waals surface area contributed by atoms with E-state index in [1.807, 2.05) is 47.4 Å². The highest BCUT2D eigenvalue weighted by molar-refractivity contribution is 5.93. The lowest BCUT2D eigenvalue weighted by atomic mass is 10.0. The van der Waals surface area contributed by atoms with Crippen molar-refractivity contribution in [2.45, 2.75) is 38.3 Å². The van der Waals surface area contributed by atoms with E-state index in [2.05, 4.69) is 16.4 Å². The maximum absolute atomic E-state index is 12.0. The molecule has 0 radical (unpaired) electrons. The maximum Gasteiger partial charge on any atom is 0.226 e. The van der Waals surface area contributed by atoms with Crippen molar-refractivity contribution in [2.75, 3.05) is 18.1 Å². The summed E-state index contributed by atoms with van der Waals surface area (Å²) in [6.45, 7) is 1.97. The molecule has 1 saturated heterocycles. The summed E-state index contributed by atoms with van der Waals surface area (Å²) in [5.74, 6) is 1.54. The van der Waals surface area contributed by atoms with Crippen LogP contribution in [0.2, 0.25) is 0 Å². The normalized spacial score (nSPS) is 19.7. The minimum Gasteiger partial charge on any atom is -0.493 e. The predicted octanol–water partition coefficient (Wildman–Crippen LogP) is 3.13. The molecule has 0 bridgehead atoms. The van der Waals surface area contributed by atoms with E-state index in [1.54, 1.807) is 0 Å². The van der Waals surface area contributed by atoms with E-state index in [0.717, 1.165) is 48.4 Å². The van der Waals surface area contributed by atoms with Crippen molar-refractivity contribution in [3.8, 4) is 5.75 Å². The van der Waals surface area contributed by atoms with Crippen molar-refractivity contribution in [3.05, 3.63) is 59.7 Å². The first-order valence-corrected chi connectivity index (χ1v) is 9.88. The van der Waals surface area contributed by atoms with E-state index < -0.39 is 0 Å². The van der Waals surface area contributed by atoms with Gasteiger partial charge < -0.3 is 20.7 Å². The van der Waals surface area contributed by atoms with Gasteiger partial charge in [0, 0.05) is 30.6 Å². The van der Waals surface area contributed by atoms with Crippen LogP contribution in [0.25, 0.3) is 0 Å². The van der Waals surface area contributed by atoms with Gasteiger partial charge in [-0.1, -0.05) is 30.3 Å². The van der Waals surface area contributed by atoms with E-state index in [1.165, 1.54) is 0 Å². The monoisotopic (exact) mass is 378 g/mol. The zero-order valence-electron chi connectivity index (χ0n) is 15.9. The van der Waals surface area contributed by atoms with Crippen LogP contribution in [-0.2, 0) is 11.3 Å². The topological polar surface area (TPSA) is 80.0 Å². The Balaban J connectivity index is 1.37. The van der Waals surface area contributed by atoms with Crippen molar-refractivity contribution in [1.82, 2.24) is 5.32 Å². The van der Waals surface area contributed by atoms with Gasteiger partial charge in [-0.05, 0) is 36.6 Å². The molecule has 0 saturated carbocycles. The third kappa shape index (κ3) is 4.11. The van der Waals surface area contributed by atoms with Crippen LogP contribution in [0.3, 0.4) is 0 Å².